The van der Waals surface area contributed by atoms with Gasteiger partial charge < -0.3 is 0 Å². The molecule has 0 aromatic rings. The van der Waals surface area contributed by atoms with Crippen LogP contribution in [0.4, 0.5) is 0 Å². The van der Waals surface area contributed by atoms with Crippen LogP contribution in [-0.2, 0) is 12.5 Å². The fourth-order valence-corrected chi connectivity index (χ4v) is 5.43. The van der Waals surface area contributed by atoms with Crippen molar-refractivity contribution in [1.82, 2.24) is 0 Å². The van der Waals surface area contributed by atoms with Crippen molar-refractivity contribution in [2.75, 3.05) is 0 Å². The van der Waals surface area contributed by atoms with E-state index in [0.717, 1.165) is 0 Å². The monoisotopic (exact) mass is 297 g/mol. The molecule has 0 bridgehead atoms. The summed E-state index contributed by atoms with van der Waals surface area (Å²) >= 11 is -4.12. The minimum absolute atomic E-state index is 0.291. The van der Waals surface area contributed by atoms with Crippen LogP contribution in [0.15, 0.2) is 0 Å². The van der Waals surface area contributed by atoms with Gasteiger partial charge in [-0.1, -0.05) is 0 Å². The molecule has 0 aliphatic carbocycles. The third-order valence-corrected chi connectivity index (χ3v) is 23.7. The molecule has 0 rings (SSSR count). The van der Waals surface area contributed by atoms with E-state index in [-0.39, 0.29) is 7.61 Å². The second kappa shape index (κ2) is 2.78. The van der Waals surface area contributed by atoms with E-state index >= 15 is 0 Å². The summed E-state index contributed by atoms with van der Waals surface area (Å²) < 4.78 is 7.73. The van der Waals surface area contributed by atoms with Crippen molar-refractivity contribution in [3.05, 3.63) is 0 Å². The summed E-state index contributed by atoms with van der Waals surface area (Å²) in [6, 6.07) is 0. The Kier molecular flexibility index (Phi) is 3.03. The van der Waals surface area contributed by atoms with Crippen LogP contribution in [0.25, 0.3) is 0 Å². The molecule has 1 nitrogen and oxygen atoms in total. The average molecular weight is 296 g/mol. The molecule has 0 radical (unpaired) electrons. The van der Waals surface area contributed by atoms with Crippen molar-refractivity contribution in [1.29, 1.82) is 3.91 Å². The first-order chi connectivity index (χ1) is 4.79. The van der Waals surface area contributed by atoms with E-state index in [2.05, 4.69) is 0 Å². The van der Waals surface area contributed by atoms with Crippen LogP contribution in [0.5, 0.6) is 0 Å². The zero-order valence-corrected chi connectivity index (χ0v) is 12.2. The zero-order chi connectivity index (χ0) is 10.4. The summed E-state index contributed by atoms with van der Waals surface area (Å²) in [5, 5.41) is 0. The van der Waals surface area contributed by atoms with Crippen LogP contribution in [-0.4, -0.2) is 0 Å². The van der Waals surface area contributed by atoms with E-state index < -0.39 is 12.5 Å². The fourth-order valence-electron chi connectivity index (χ4n) is 0.919. The molecule has 0 aliphatic heterocycles. The molecule has 0 fully saturated rings. The van der Waals surface area contributed by atoms with E-state index in [0.29, 0.717) is 0 Å². The molecule has 0 aliphatic rings. The van der Waals surface area contributed by atoms with Crippen molar-refractivity contribution < 1.29 is 12.5 Å². The van der Waals surface area contributed by atoms with E-state index in [1.165, 1.54) is 0 Å². The molecule has 0 spiro atoms. The van der Waals surface area contributed by atoms with Crippen LogP contribution in [0.3, 0.4) is 0 Å². The van der Waals surface area contributed by atoms with Gasteiger partial charge in [0.05, 0.1) is 0 Å². The summed E-state index contributed by atoms with van der Waals surface area (Å²) in [6.07, 6.45) is 0. The Bertz CT molecular complexity index is 219. The van der Waals surface area contributed by atoms with Gasteiger partial charge in [0.2, 0.25) is 0 Å². The number of halogens is 2. The van der Waals surface area contributed by atoms with Gasteiger partial charge in [-0.3, -0.25) is 0 Å². The maximum absolute atomic E-state index is 8.31. The quantitative estimate of drug-likeness (QED) is 0.595. The Hall–Kier alpha value is 1.07. The molecule has 0 atom stereocenters. The van der Waals surface area contributed by atoms with Gasteiger partial charge in [-0.25, -0.2) is 0 Å². The molecule has 0 saturated carbocycles. The van der Waals surface area contributed by atoms with Crippen LogP contribution < -0.4 is 0 Å². The van der Waals surface area contributed by atoms with Gasteiger partial charge in [0.25, 0.3) is 0 Å². The van der Waals surface area contributed by atoms with Gasteiger partial charge in [0.1, 0.15) is 0 Å². The summed E-state index contributed by atoms with van der Waals surface area (Å²) in [4.78, 5) is 0. The van der Waals surface area contributed by atoms with E-state index in [9.17, 15) is 0 Å². The van der Waals surface area contributed by atoms with E-state index in [1.807, 2.05) is 41.5 Å². The van der Waals surface area contributed by atoms with Gasteiger partial charge in [0.15, 0.2) is 0 Å². The van der Waals surface area contributed by atoms with Crippen LogP contribution >= 0.6 is 18.8 Å². The van der Waals surface area contributed by atoms with Crippen molar-refractivity contribution >= 4 is 18.8 Å². The van der Waals surface area contributed by atoms with Gasteiger partial charge in [-0.2, -0.15) is 0 Å². The first kappa shape index (κ1) is 13.1. The Labute approximate surface area is 84.2 Å². The Morgan fingerprint density at radius 2 is 1.00 bits per heavy atom. The Morgan fingerprint density at radius 3 is 1.00 bits per heavy atom. The maximum atomic E-state index is 8.31. The predicted octanol–water partition coefficient (Wildman–Crippen LogP) is 5.18. The van der Waals surface area contributed by atoms with Crippen molar-refractivity contribution in [2.45, 2.75) is 49.2 Å². The molecule has 0 aromatic carbocycles. The molecule has 0 amide bonds. The predicted molar refractivity (Wildman–Crippen MR) is 53.9 cm³/mol. The Morgan fingerprint density at radius 1 is 0.833 bits per heavy atom. The van der Waals surface area contributed by atoms with Crippen LogP contribution in [0, 0.1) is 3.91 Å². The van der Waals surface area contributed by atoms with Crippen LogP contribution in [0.1, 0.15) is 41.5 Å². The molecule has 0 aromatic heterocycles. The molecule has 0 unspecified atom stereocenters. The number of hydrogen-bond acceptors (Lipinski definition) is 1. The molecule has 4 heteroatoms. The summed E-state index contributed by atoms with van der Waals surface area (Å²) in [5.74, 6) is 0. The SMILES string of the molecule is C[C](C)(C)[Mo](=[NH])([Cl])([Cl])[C](C)(C)C. The van der Waals surface area contributed by atoms with Gasteiger partial charge in [-0.05, 0) is 0 Å². The van der Waals surface area contributed by atoms with Gasteiger partial charge >= 0.3 is 84.4 Å². The normalized spacial score (nSPS) is 18.5. The molecule has 0 saturated heterocycles. The standard InChI is InChI=1S/2C4H9.2ClH.Mo.HN/c2*1-4(2)3;;;;/h2*1-3H3;2*1H;;1H/q;;;;+2;/p-2. The first-order valence-corrected chi connectivity index (χ1v) is 12.1. The zero-order valence-electron chi connectivity index (χ0n) is 8.66. The van der Waals surface area contributed by atoms with E-state index in [1.54, 1.807) is 0 Å². The summed E-state index contributed by atoms with van der Waals surface area (Å²) in [6.45, 7) is 11.8. The average Bonchev–Trinajstić information content (AvgIpc) is 1.55. The third-order valence-electron chi connectivity index (χ3n) is 2.15. The Balaban J connectivity index is 5.47. The van der Waals surface area contributed by atoms with Crippen molar-refractivity contribution in [3.8, 4) is 0 Å². The molecule has 0 heterocycles. The van der Waals surface area contributed by atoms with Gasteiger partial charge in [0, 0.05) is 0 Å². The molecule has 1 N–H and O–H groups in total. The van der Waals surface area contributed by atoms with Crippen LogP contribution in [0.2, 0.25) is 7.61 Å². The number of hydrogen-bond donors (Lipinski definition) is 1. The molecular formula is C8H19Cl2MoN. The second-order valence-electron chi connectivity index (χ2n) is 5.05. The molecular weight excluding hydrogens is 277 g/mol. The summed E-state index contributed by atoms with van der Waals surface area (Å²) in [5.41, 5.74) is 0. The second-order valence-corrected chi connectivity index (χ2v) is 23.4. The molecule has 76 valence electrons. The van der Waals surface area contributed by atoms with E-state index in [4.69, 9.17) is 22.7 Å². The summed E-state index contributed by atoms with van der Waals surface area (Å²) in [7, 11) is 12.7. The number of nitrogens with one attached hydrogen (secondary N) is 1. The minimum atomic E-state index is -4.12. The van der Waals surface area contributed by atoms with Crippen molar-refractivity contribution in [3.63, 3.8) is 0 Å². The topological polar surface area (TPSA) is 23.9 Å². The first-order valence-electron chi connectivity index (χ1n) is 3.92. The van der Waals surface area contributed by atoms with Crippen molar-refractivity contribution in [2.24, 2.45) is 0 Å². The third kappa shape index (κ3) is 1.79. The van der Waals surface area contributed by atoms with Gasteiger partial charge in [-0.15, -0.1) is 0 Å². The fraction of sp³-hybridized carbons (Fsp3) is 1.00. The number of rotatable bonds is 0. The molecule has 12 heavy (non-hydrogen) atoms.